The minimum Gasteiger partial charge on any atom is -0.207 e. The van der Waals surface area contributed by atoms with Crippen LogP contribution in [0, 0.1) is 29.4 Å². The first-order valence-electron chi connectivity index (χ1n) is 10.2. The molecule has 2 aliphatic rings. The highest BCUT2D eigenvalue weighted by molar-refractivity contribution is 5.64. The van der Waals surface area contributed by atoms with Crippen LogP contribution in [0.4, 0.5) is 8.78 Å². The molecule has 0 amide bonds. The molecule has 2 heteroatoms. The van der Waals surface area contributed by atoms with Crippen molar-refractivity contribution in [1.82, 2.24) is 0 Å². The Labute approximate surface area is 155 Å². The van der Waals surface area contributed by atoms with Gasteiger partial charge in [-0.25, -0.2) is 8.78 Å². The Morgan fingerprint density at radius 2 is 1.58 bits per heavy atom. The molecule has 2 fully saturated rings. The molecule has 0 bridgehead atoms. The predicted octanol–water partition coefficient (Wildman–Crippen LogP) is 7.34. The summed E-state index contributed by atoms with van der Waals surface area (Å²) in [5, 5.41) is 0. The van der Waals surface area contributed by atoms with Gasteiger partial charge in [-0.15, -0.1) is 0 Å². The van der Waals surface area contributed by atoms with Crippen LogP contribution in [0.1, 0.15) is 63.4 Å². The Balaban J connectivity index is 1.49. The highest BCUT2D eigenvalue weighted by Gasteiger charge is 2.35. The molecule has 2 saturated carbocycles. The molecule has 26 heavy (non-hydrogen) atoms. The van der Waals surface area contributed by atoms with Gasteiger partial charge in [-0.3, -0.25) is 0 Å². The van der Waals surface area contributed by atoms with Crippen LogP contribution < -0.4 is 0 Å². The van der Waals surface area contributed by atoms with E-state index in [0.717, 1.165) is 28.9 Å². The monoisotopic (exact) mass is 354 g/mol. The van der Waals surface area contributed by atoms with Crippen LogP contribution in [0.25, 0.3) is 11.1 Å². The number of halogens is 2. The van der Waals surface area contributed by atoms with Gasteiger partial charge in [0.1, 0.15) is 11.6 Å². The minimum absolute atomic E-state index is 0.189. The van der Waals surface area contributed by atoms with E-state index in [9.17, 15) is 8.78 Å². The van der Waals surface area contributed by atoms with Gasteiger partial charge in [-0.05, 0) is 85.1 Å². The Morgan fingerprint density at radius 1 is 0.846 bits per heavy atom. The SMILES string of the molecule is CCC1CC[C@@H]2C[C@H](c3ccc(-c4ccc(F)cc4)c(F)c3)CC[C@@H]2C1. The molecule has 0 N–H and O–H groups in total. The highest BCUT2D eigenvalue weighted by Crippen LogP contribution is 2.48. The molecular formula is C24H28F2. The molecule has 138 valence electrons. The molecule has 0 aromatic heterocycles. The smallest absolute Gasteiger partial charge is 0.131 e. The van der Waals surface area contributed by atoms with Crippen molar-refractivity contribution in [3.05, 3.63) is 59.7 Å². The summed E-state index contributed by atoms with van der Waals surface area (Å²) in [4.78, 5) is 0. The van der Waals surface area contributed by atoms with Gasteiger partial charge >= 0.3 is 0 Å². The maximum atomic E-state index is 14.7. The first-order valence-corrected chi connectivity index (χ1v) is 10.2. The summed E-state index contributed by atoms with van der Waals surface area (Å²) in [6, 6.07) is 11.7. The fraction of sp³-hybridized carbons (Fsp3) is 0.500. The van der Waals surface area contributed by atoms with Crippen molar-refractivity contribution in [2.45, 2.75) is 57.8 Å². The van der Waals surface area contributed by atoms with Gasteiger partial charge < -0.3 is 0 Å². The van der Waals surface area contributed by atoms with E-state index in [1.165, 1.54) is 57.1 Å². The summed E-state index contributed by atoms with van der Waals surface area (Å²) in [7, 11) is 0. The van der Waals surface area contributed by atoms with Gasteiger partial charge in [0.05, 0.1) is 0 Å². The van der Waals surface area contributed by atoms with Crippen molar-refractivity contribution in [3.8, 4) is 11.1 Å². The lowest BCUT2D eigenvalue weighted by atomic mass is 9.63. The van der Waals surface area contributed by atoms with E-state index in [-0.39, 0.29) is 11.6 Å². The maximum Gasteiger partial charge on any atom is 0.131 e. The quantitative estimate of drug-likeness (QED) is 0.541. The molecular weight excluding hydrogens is 326 g/mol. The van der Waals surface area contributed by atoms with Crippen molar-refractivity contribution in [2.75, 3.05) is 0 Å². The number of benzene rings is 2. The minimum atomic E-state index is -0.291. The molecule has 0 spiro atoms. The zero-order valence-corrected chi connectivity index (χ0v) is 15.6. The lowest BCUT2D eigenvalue weighted by molar-refractivity contribution is 0.116. The van der Waals surface area contributed by atoms with E-state index in [2.05, 4.69) is 13.0 Å². The van der Waals surface area contributed by atoms with Gasteiger partial charge in [0.2, 0.25) is 0 Å². The molecule has 2 aromatic rings. The molecule has 0 saturated heterocycles. The Bertz CT molecular complexity index is 749. The second kappa shape index (κ2) is 7.50. The molecule has 1 unspecified atom stereocenters. The third kappa shape index (κ3) is 3.56. The van der Waals surface area contributed by atoms with E-state index < -0.39 is 0 Å². The van der Waals surface area contributed by atoms with Crippen molar-refractivity contribution < 1.29 is 8.78 Å². The van der Waals surface area contributed by atoms with E-state index >= 15 is 0 Å². The summed E-state index contributed by atoms with van der Waals surface area (Å²) in [5.74, 6) is 2.67. The second-order valence-corrected chi connectivity index (χ2v) is 8.36. The standard InChI is InChI=1S/C24H28F2/c1-2-16-3-4-19-14-20(6-5-18(19)13-16)21-9-12-23(24(26)15-21)17-7-10-22(25)11-8-17/h7-12,15-16,18-20H,2-6,13-14H2,1H3/t16?,18-,19-,20-/m1/s1. The summed E-state index contributed by atoms with van der Waals surface area (Å²) in [6.07, 6.45) is 9.17. The first-order chi connectivity index (χ1) is 12.6. The van der Waals surface area contributed by atoms with Gasteiger partial charge in [0.15, 0.2) is 0 Å². The molecule has 4 rings (SSSR count). The third-order valence-corrected chi connectivity index (χ3v) is 6.92. The van der Waals surface area contributed by atoms with Gasteiger partial charge in [-0.2, -0.15) is 0 Å². The van der Waals surface area contributed by atoms with Gasteiger partial charge in [-0.1, -0.05) is 44.0 Å². The fourth-order valence-electron chi connectivity index (χ4n) is 5.31. The summed E-state index contributed by atoms with van der Waals surface area (Å²) in [5.41, 5.74) is 2.44. The van der Waals surface area contributed by atoms with Crippen LogP contribution in [0.2, 0.25) is 0 Å². The van der Waals surface area contributed by atoms with Crippen LogP contribution in [-0.4, -0.2) is 0 Å². The molecule has 0 nitrogen and oxygen atoms in total. The molecule has 0 heterocycles. The number of fused-ring (bicyclic) bond motifs is 1. The largest absolute Gasteiger partial charge is 0.207 e. The first kappa shape index (κ1) is 17.7. The van der Waals surface area contributed by atoms with Gasteiger partial charge in [0.25, 0.3) is 0 Å². The van der Waals surface area contributed by atoms with Crippen LogP contribution >= 0.6 is 0 Å². The molecule has 2 aromatic carbocycles. The predicted molar refractivity (Wildman–Crippen MR) is 103 cm³/mol. The lowest BCUT2D eigenvalue weighted by Crippen LogP contribution is -2.30. The molecule has 4 atom stereocenters. The molecule has 2 aliphatic carbocycles. The summed E-state index contributed by atoms with van der Waals surface area (Å²) >= 11 is 0. The van der Waals surface area contributed by atoms with Crippen molar-refractivity contribution in [1.29, 1.82) is 0 Å². The van der Waals surface area contributed by atoms with Crippen LogP contribution in [-0.2, 0) is 0 Å². The third-order valence-electron chi connectivity index (χ3n) is 6.92. The van der Waals surface area contributed by atoms with Crippen molar-refractivity contribution >= 4 is 0 Å². The van der Waals surface area contributed by atoms with Crippen LogP contribution in [0.15, 0.2) is 42.5 Å². The topological polar surface area (TPSA) is 0 Å². The fourth-order valence-corrected chi connectivity index (χ4v) is 5.31. The summed E-state index contributed by atoms with van der Waals surface area (Å²) in [6.45, 7) is 2.32. The van der Waals surface area contributed by atoms with E-state index in [4.69, 9.17) is 0 Å². The van der Waals surface area contributed by atoms with Crippen LogP contribution in [0.5, 0.6) is 0 Å². The number of hydrogen-bond acceptors (Lipinski definition) is 0. The average molecular weight is 354 g/mol. The normalized spacial score (nSPS) is 28.6. The van der Waals surface area contributed by atoms with Crippen molar-refractivity contribution in [2.24, 2.45) is 17.8 Å². The second-order valence-electron chi connectivity index (χ2n) is 8.36. The van der Waals surface area contributed by atoms with E-state index in [1.807, 2.05) is 6.07 Å². The Morgan fingerprint density at radius 3 is 2.31 bits per heavy atom. The molecule has 0 radical (unpaired) electrons. The Hall–Kier alpha value is -1.70. The van der Waals surface area contributed by atoms with Gasteiger partial charge in [0, 0.05) is 5.56 Å². The van der Waals surface area contributed by atoms with E-state index in [1.54, 1.807) is 18.2 Å². The van der Waals surface area contributed by atoms with Crippen LogP contribution in [0.3, 0.4) is 0 Å². The van der Waals surface area contributed by atoms with E-state index in [0.29, 0.717) is 11.5 Å². The number of rotatable bonds is 3. The zero-order chi connectivity index (χ0) is 18.1. The lowest BCUT2D eigenvalue weighted by Gasteiger charge is -2.42. The zero-order valence-electron chi connectivity index (χ0n) is 15.6. The average Bonchev–Trinajstić information content (AvgIpc) is 2.68. The summed E-state index contributed by atoms with van der Waals surface area (Å²) < 4.78 is 27.8. The van der Waals surface area contributed by atoms with Crippen molar-refractivity contribution in [3.63, 3.8) is 0 Å². The number of hydrogen-bond donors (Lipinski definition) is 0. The molecule has 0 aliphatic heterocycles. The highest BCUT2D eigenvalue weighted by atomic mass is 19.1. The Kier molecular flexibility index (Phi) is 5.11. The maximum absolute atomic E-state index is 14.7.